The number of aryl methyl sites for hydroxylation is 1. The fourth-order valence-electron chi connectivity index (χ4n) is 5.82. The molecule has 2 heterocycles. The van der Waals surface area contributed by atoms with Crippen LogP contribution in [0.2, 0.25) is 0 Å². The number of methoxy groups -OCH3 is 1. The van der Waals surface area contributed by atoms with E-state index in [1.54, 1.807) is 32.4 Å². The lowest BCUT2D eigenvalue weighted by Gasteiger charge is -2.30. The molecule has 5 rings (SSSR count). The summed E-state index contributed by atoms with van der Waals surface area (Å²) in [4.78, 5) is 11.9. The fraction of sp³-hybridized carbons (Fsp3) is 0.407. The molecule has 0 bridgehead atoms. The molecule has 2 aromatic carbocycles. The summed E-state index contributed by atoms with van der Waals surface area (Å²) >= 11 is 0. The summed E-state index contributed by atoms with van der Waals surface area (Å²) in [6.07, 6.45) is 1.94. The van der Waals surface area contributed by atoms with E-state index in [1.165, 1.54) is 6.07 Å². The van der Waals surface area contributed by atoms with Crippen molar-refractivity contribution in [2.24, 2.45) is 0 Å². The van der Waals surface area contributed by atoms with Crippen molar-refractivity contribution in [2.75, 3.05) is 13.7 Å². The highest BCUT2D eigenvalue weighted by Gasteiger charge is 2.47. The van der Waals surface area contributed by atoms with Crippen LogP contribution in [-0.2, 0) is 14.9 Å². The highest BCUT2D eigenvalue weighted by atomic mass is 19.1. The Balaban J connectivity index is 1.93. The molecule has 3 N–H and O–H groups in total. The molecule has 0 spiro atoms. The van der Waals surface area contributed by atoms with Crippen molar-refractivity contribution in [3.8, 4) is 5.69 Å². The van der Waals surface area contributed by atoms with Crippen LogP contribution in [-0.4, -0.2) is 50.3 Å². The van der Waals surface area contributed by atoms with Crippen LogP contribution in [0.25, 0.3) is 27.5 Å². The third kappa shape index (κ3) is 3.60. The molecule has 0 aliphatic heterocycles. The van der Waals surface area contributed by atoms with Gasteiger partial charge in [0, 0.05) is 34.7 Å². The quantitative estimate of drug-likeness (QED) is 0.344. The molecule has 0 saturated heterocycles. The smallest absolute Gasteiger partial charge is 0.335 e. The standard InChI is InChI=1S/C27H29F2N3O4/c1-14-9-17(5-6-18(14)28)32-19-10-16-12-30-31-23(16)22(29)21(19)20(24(32)26(2,3)13-36-4)15-7-8-27(35,11-15)25(33)34/h5-6,9-10,12,15,35H,7-8,11,13H2,1-4H3,(H,30,31)(H,33,34)/t15-,27+/m1/s1. The van der Waals surface area contributed by atoms with Gasteiger partial charge in [0.1, 0.15) is 11.3 Å². The van der Waals surface area contributed by atoms with Gasteiger partial charge in [0.15, 0.2) is 11.4 Å². The van der Waals surface area contributed by atoms with Crippen LogP contribution in [0.3, 0.4) is 0 Å². The van der Waals surface area contributed by atoms with Crippen LogP contribution in [0.1, 0.15) is 55.8 Å². The highest BCUT2D eigenvalue weighted by molar-refractivity contribution is 6.00. The van der Waals surface area contributed by atoms with E-state index in [4.69, 9.17) is 4.74 Å². The Hall–Kier alpha value is -3.30. The number of hydrogen-bond donors (Lipinski definition) is 3. The number of H-pyrrole nitrogens is 1. The number of carbonyl (C=O) groups is 1. The molecule has 36 heavy (non-hydrogen) atoms. The van der Waals surface area contributed by atoms with Gasteiger partial charge in [-0.2, -0.15) is 5.10 Å². The number of aliphatic hydroxyl groups is 1. The van der Waals surface area contributed by atoms with Gasteiger partial charge < -0.3 is 19.5 Å². The van der Waals surface area contributed by atoms with Crippen LogP contribution < -0.4 is 0 Å². The SMILES string of the molecule is COCC(C)(C)c1c([C@@H]2CC[C@@](O)(C(=O)O)C2)c2c(F)c3[nH]ncc3cc2n1-c1ccc(F)c(C)c1. The summed E-state index contributed by atoms with van der Waals surface area (Å²) in [5.74, 6) is -2.54. The molecule has 4 aromatic rings. The number of carboxylic acid groups (broad SMARTS) is 1. The Morgan fingerprint density at radius 3 is 2.72 bits per heavy atom. The van der Waals surface area contributed by atoms with Gasteiger partial charge in [0.05, 0.1) is 18.3 Å². The van der Waals surface area contributed by atoms with Crippen LogP contribution in [0.15, 0.2) is 30.5 Å². The molecule has 9 heteroatoms. The van der Waals surface area contributed by atoms with E-state index in [1.807, 2.05) is 24.5 Å². The first kappa shape index (κ1) is 24.4. The lowest BCUT2D eigenvalue weighted by Crippen LogP contribution is -2.35. The van der Waals surface area contributed by atoms with Crippen LogP contribution in [0.5, 0.6) is 0 Å². The number of hydrogen-bond acceptors (Lipinski definition) is 4. The maximum atomic E-state index is 16.2. The third-order valence-corrected chi connectivity index (χ3v) is 7.49. The molecule has 2 atom stereocenters. The number of ether oxygens (including phenoxy) is 1. The average molecular weight is 498 g/mol. The summed E-state index contributed by atoms with van der Waals surface area (Å²) in [5, 5.41) is 28.1. The number of fused-ring (bicyclic) bond motifs is 2. The van der Waals surface area contributed by atoms with Gasteiger partial charge in [-0.25, -0.2) is 13.6 Å². The highest BCUT2D eigenvalue weighted by Crippen LogP contribution is 2.50. The number of benzene rings is 2. The maximum Gasteiger partial charge on any atom is 0.335 e. The molecule has 2 aromatic heterocycles. The van der Waals surface area contributed by atoms with Gasteiger partial charge in [-0.3, -0.25) is 5.10 Å². The zero-order chi connectivity index (χ0) is 26.0. The van der Waals surface area contributed by atoms with E-state index in [9.17, 15) is 19.4 Å². The van der Waals surface area contributed by atoms with Gasteiger partial charge in [-0.15, -0.1) is 0 Å². The van der Waals surface area contributed by atoms with Crippen LogP contribution in [0, 0.1) is 18.6 Å². The summed E-state index contributed by atoms with van der Waals surface area (Å²) < 4.78 is 38.0. The number of nitrogens with one attached hydrogen (secondary N) is 1. The molecule has 7 nitrogen and oxygen atoms in total. The van der Waals surface area contributed by atoms with Crippen molar-refractivity contribution in [3.63, 3.8) is 0 Å². The van der Waals surface area contributed by atoms with Crippen LogP contribution in [0.4, 0.5) is 8.78 Å². The van der Waals surface area contributed by atoms with Crippen molar-refractivity contribution in [1.82, 2.24) is 14.8 Å². The number of aliphatic carboxylic acids is 1. The number of halogens is 2. The first-order valence-corrected chi connectivity index (χ1v) is 11.9. The molecule has 0 amide bonds. The predicted octanol–water partition coefficient (Wildman–Crippen LogP) is 5.10. The second kappa shape index (κ2) is 8.38. The number of nitrogens with zero attached hydrogens (tertiary/aromatic N) is 2. The minimum Gasteiger partial charge on any atom is -0.479 e. The summed E-state index contributed by atoms with van der Waals surface area (Å²) in [6, 6.07) is 6.58. The number of rotatable bonds is 6. The van der Waals surface area contributed by atoms with Crippen LogP contribution >= 0.6 is 0 Å². The molecule has 1 fully saturated rings. The van der Waals surface area contributed by atoms with Gasteiger partial charge in [0.2, 0.25) is 0 Å². The Kier molecular flexibility index (Phi) is 5.68. The molecular formula is C27H29F2N3O4. The molecule has 0 radical (unpaired) electrons. The van der Waals surface area contributed by atoms with Gasteiger partial charge in [-0.1, -0.05) is 13.8 Å². The van der Waals surface area contributed by atoms with Crippen molar-refractivity contribution in [2.45, 2.75) is 57.0 Å². The minimum atomic E-state index is -1.89. The maximum absolute atomic E-state index is 16.2. The largest absolute Gasteiger partial charge is 0.479 e. The van der Waals surface area contributed by atoms with Gasteiger partial charge >= 0.3 is 5.97 Å². The van der Waals surface area contributed by atoms with Gasteiger partial charge in [-0.05, 0) is 67.5 Å². The minimum absolute atomic E-state index is 0.0413. The molecule has 1 aliphatic rings. The van der Waals surface area contributed by atoms with Crippen molar-refractivity contribution in [1.29, 1.82) is 0 Å². The Bertz CT molecular complexity index is 1510. The van der Waals surface area contributed by atoms with Crippen molar-refractivity contribution >= 4 is 27.8 Å². The number of aromatic nitrogens is 3. The molecule has 1 saturated carbocycles. The van der Waals surface area contributed by atoms with E-state index >= 15 is 4.39 Å². The summed E-state index contributed by atoms with van der Waals surface area (Å²) in [6.45, 7) is 5.92. The van der Waals surface area contributed by atoms with Crippen molar-refractivity contribution < 1.29 is 28.5 Å². The zero-order valence-electron chi connectivity index (χ0n) is 20.7. The van der Waals surface area contributed by atoms with E-state index in [0.717, 1.165) is 5.69 Å². The second-order valence-electron chi connectivity index (χ2n) is 10.5. The van der Waals surface area contributed by atoms with Gasteiger partial charge in [0.25, 0.3) is 0 Å². The van der Waals surface area contributed by atoms with E-state index in [2.05, 4.69) is 10.2 Å². The average Bonchev–Trinajstić information content (AvgIpc) is 3.52. The predicted molar refractivity (Wildman–Crippen MR) is 132 cm³/mol. The molecule has 0 unspecified atom stereocenters. The topological polar surface area (TPSA) is 100 Å². The zero-order valence-corrected chi connectivity index (χ0v) is 20.7. The first-order chi connectivity index (χ1) is 17.0. The number of aromatic amines is 1. The number of carboxylic acids is 1. The van der Waals surface area contributed by atoms with E-state index < -0.39 is 28.7 Å². The summed E-state index contributed by atoms with van der Waals surface area (Å²) in [7, 11) is 1.59. The fourth-order valence-corrected chi connectivity index (χ4v) is 5.82. The third-order valence-electron chi connectivity index (χ3n) is 7.49. The lowest BCUT2D eigenvalue weighted by molar-refractivity contribution is -0.157. The lowest BCUT2D eigenvalue weighted by atomic mass is 9.81. The van der Waals surface area contributed by atoms with E-state index in [0.29, 0.717) is 46.1 Å². The molecular weight excluding hydrogens is 468 g/mol. The van der Waals surface area contributed by atoms with E-state index in [-0.39, 0.29) is 24.2 Å². The van der Waals surface area contributed by atoms with Crippen molar-refractivity contribution in [3.05, 3.63) is 58.9 Å². The Morgan fingerprint density at radius 2 is 2.08 bits per heavy atom. The normalized spacial score (nSPS) is 20.6. The Labute approximate surface area is 206 Å². The summed E-state index contributed by atoms with van der Waals surface area (Å²) in [5.41, 5.74) is 0.752. The molecule has 190 valence electrons. The molecule has 1 aliphatic carbocycles. The monoisotopic (exact) mass is 497 g/mol. The second-order valence-corrected chi connectivity index (χ2v) is 10.5. The Morgan fingerprint density at radius 1 is 1.33 bits per heavy atom. The first-order valence-electron chi connectivity index (χ1n) is 11.9.